The average Bonchev–Trinajstić information content (AvgIpc) is 2.26. The fraction of sp³-hybridized carbons (Fsp3) is 0.333. The number of carboxylic acid groups (broad SMARTS) is 1. The SMILES string of the molecule is COc1ccc(C)cc1C(=O)C(C)C(=O)O. The number of ketones is 1. The van der Waals surface area contributed by atoms with Crippen molar-refractivity contribution in [3.8, 4) is 5.75 Å². The Labute approximate surface area is 93.9 Å². The first-order valence-electron chi connectivity index (χ1n) is 4.89. The highest BCUT2D eigenvalue weighted by Gasteiger charge is 2.24. The van der Waals surface area contributed by atoms with Gasteiger partial charge in [-0.25, -0.2) is 0 Å². The smallest absolute Gasteiger partial charge is 0.314 e. The number of hydrogen-bond acceptors (Lipinski definition) is 3. The topological polar surface area (TPSA) is 63.6 Å². The highest BCUT2D eigenvalue weighted by molar-refractivity contribution is 6.09. The fourth-order valence-corrected chi connectivity index (χ4v) is 1.36. The number of aryl methyl sites for hydroxylation is 1. The third-order valence-corrected chi connectivity index (χ3v) is 2.38. The second kappa shape index (κ2) is 4.79. The van der Waals surface area contributed by atoms with Crippen LogP contribution < -0.4 is 4.74 Å². The van der Waals surface area contributed by atoms with Gasteiger partial charge in [0.15, 0.2) is 5.78 Å². The lowest BCUT2D eigenvalue weighted by molar-refractivity contribution is -0.139. The zero-order valence-electron chi connectivity index (χ0n) is 9.48. The molecule has 0 heterocycles. The van der Waals surface area contributed by atoms with Gasteiger partial charge < -0.3 is 9.84 Å². The number of carboxylic acids is 1. The number of rotatable bonds is 4. The maximum atomic E-state index is 11.9. The van der Waals surface area contributed by atoms with E-state index >= 15 is 0 Å². The normalized spacial score (nSPS) is 11.9. The Hall–Kier alpha value is -1.84. The molecule has 86 valence electrons. The number of ether oxygens (including phenoxy) is 1. The Morgan fingerprint density at radius 2 is 2.00 bits per heavy atom. The molecule has 1 rings (SSSR count). The van der Waals surface area contributed by atoms with E-state index < -0.39 is 17.7 Å². The van der Waals surface area contributed by atoms with Crippen LogP contribution in [0, 0.1) is 12.8 Å². The van der Waals surface area contributed by atoms with E-state index in [1.165, 1.54) is 14.0 Å². The number of methoxy groups -OCH3 is 1. The summed E-state index contributed by atoms with van der Waals surface area (Å²) in [5.74, 6) is -2.22. The van der Waals surface area contributed by atoms with Crippen molar-refractivity contribution < 1.29 is 19.4 Å². The summed E-state index contributed by atoms with van der Waals surface area (Å²) >= 11 is 0. The van der Waals surface area contributed by atoms with Gasteiger partial charge in [-0.3, -0.25) is 9.59 Å². The second-order valence-corrected chi connectivity index (χ2v) is 3.63. The van der Waals surface area contributed by atoms with Crippen LogP contribution in [-0.2, 0) is 4.79 Å². The molecule has 0 aliphatic heterocycles. The Kier molecular flexibility index (Phi) is 3.66. The summed E-state index contributed by atoms with van der Waals surface area (Å²) in [7, 11) is 1.45. The number of aliphatic carboxylic acids is 1. The van der Waals surface area contributed by atoms with E-state index in [-0.39, 0.29) is 0 Å². The van der Waals surface area contributed by atoms with Crippen LogP contribution in [0.15, 0.2) is 18.2 Å². The molecule has 16 heavy (non-hydrogen) atoms. The monoisotopic (exact) mass is 222 g/mol. The molecule has 4 nitrogen and oxygen atoms in total. The van der Waals surface area contributed by atoms with Gasteiger partial charge in [0.05, 0.1) is 12.7 Å². The van der Waals surface area contributed by atoms with Gasteiger partial charge in [-0.1, -0.05) is 11.6 Å². The Bertz CT molecular complexity index is 423. The summed E-state index contributed by atoms with van der Waals surface area (Å²) in [6.07, 6.45) is 0. The Morgan fingerprint density at radius 3 is 2.50 bits per heavy atom. The largest absolute Gasteiger partial charge is 0.496 e. The predicted molar refractivity (Wildman–Crippen MR) is 58.9 cm³/mol. The van der Waals surface area contributed by atoms with Crippen molar-refractivity contribution in [2.45, 2.75) is 13.8 Å². The van der Waals surface area contributed by atoms with Crippen molar-refractivity contribution in [2.24, 2.45) is 5.92 Å². The third kappa shape index (κ3) is 2.39. The lowest BCUT2D eigenvalue weighted by atomic mass is 9.97. The maximum Gasteiger partial charge on any atom is 0.314 e. The van der Waals surface area contributed by atoms with E-state index in [1.54, 1.807) is 18.2 Å². The van der Waals surface area contributed by atoms with Gasteiger partial charge in [0, 0.05) is 0 Å². The van der Waals surface area contributed by atoms with Crippen molar-refractivity contribution >= 4 is 11.8 Å². The number of hydrogen-bond donors (Lipinski definition) is 1. The van der Waals surface area contributed by atoms with Crippen LogP contribution in [-0.4, -0.2) is 24.0 Å². The molecule has 1 aromatic carbocycles. The molecule has 1 unspecified atom stereocenters. The first-order valence-corrected chi connectivity index (χ1v) is 4.89. The van der Waals surface area contributed by atoms with E-state index in [4.69, 9.17) is 9.84 Å². The molecule has 0 aromatic heterocycles. The highest BCUT2D eigenvalue weighted by Crippen LogP contribution is 2.22. The number of carbonyl (C=O) groups is 2. The molecule has 0 amide bonds. The van der Waals surface area contributed by atoms with Crippen molar-refractivity contribution in [1.29, 1.82) is 0 Å². The zero-order valence-corrected chi connectivity index (χ0v) is 9.48. The molecule has 0 saturated heterocycles. The Morgan fingerprint density at radius 1 is 1.38 bits per heavy atom. The van der Waals surface area contributed by atoms with Crippen LogP contribution in [0.5, 0.6) is 5.75 Å². The van der Waals surface area contributed by atoms with Gasteiger partial charge >= 0.3 is 5.97 Å². The van der Waals surface area contributed by atoms with Gasteiger partial charge in [0.2, 0.25) is 0 Å². The molecule has 0 spiro atoms. The highest BCUT2D eigenvalue weighted by atomic mass is 16.5. The predicted octanol–water partition coefficient (Wildman–Crippen LogP) is 1.91. The molecular formula is C12H14O4. The van der Waals surface area contributed by atoms with Crippen LogP contribution in [0.1, 0.15) is 22.8 Å². The molecule has 0 fully saturated rings. The number of carbonyl (C=O) groups excluding carboxylic acids is 1. The summed E-state index contributed by atoms with van der Waals surface area (Å²) in [4.78, 5) is 22.6. The van der Waals surface area contributed by atoms with Crippen molar-refractivity contribution in [1.82, 2.24) is 0 Å². The van der Waals surface area contributed by atoms with E-state index in [1.807, 2.05) is 6.92 Å². The molecule has 0 aliphatic rings. The minimum Gasteiger partial charge on any atom is -0.496 e. The van der Waals surface area contributed by atoms with E-state index in [2.05, 4.69) is 0 Å². The third-order valence-electron chi connectivity index (χ3n) is 2.38. The van der Waals surface area contributed by atoms with Crippen LogP contribution in [0.2, 0.25) is 0 Å². The minimum atomic E-state index is -1.13. The molecule has 1 aromatic rings. The number of Topliss-reactive ketones (excluding diaryl/α,β-unsaturated/α-hetero) is 1. The van der Waals surface area contributed by atoms with Gasteiger partial charge in [-0.2, -0.15) is 0 Å². The second-order valence-electron chi connectivity index (χ2n) is 3.63. The molecule has 0 saturated carbocycles. The summed E-state index contributed by atoms with van der Waals surface area (Å²) in [6, 6.07) is 5.11. The Balaban J connectivity index is 3.16. The van der Waals surface area contributed by atoms with Crippen LogP contribution in [0.4, 0.5) is 0 Å². The standard InChI is InChI=1S/C12H14O4/c1-7-4-5-10(16-3)9(6-7)11(13)8(2)12(14)15/h4-6,8H,1-3H3,(H,14,15). The molecule has 1 atom stereocenters. The molecule has 1 N–H and O–H groups in total. The van der Waals surface area contributed by atoms with Gasteiger partial charge in [0.25, 0.3) is 0 Å². The van der Waals surface area contributed by atoms with E-state index in [0.717, 1.165) is 5.56 Å². The summed E-state index contributed by atoms with van der Waals surface area (Å²) in [5, 5.41) is 8.78. The van der Waals surface area contributed by atoms with Gasteiger partial charge in [0.1, 0.15) is 11.7 Å². The molecule has 4 heteroatoms. The molecular weight excluding hydrogens is 208 g/mol. The van der Waals surface area contributed by atoms with Crippen molar-refractivity contribution in [2.75, 3.05) is 7.11 Å². The van der Waals surface area contributed by atoms with Gasteiger partial charge in [-0.05, 0) is 26.0 Å². The lowest BCUT2D eigenvalue weighted by Crippen LogP contribution is -2.21. The molecule has 0 bridgehead atoms. The lowest BCUT2D eigenvalue weighted by Gasteiger charge is -2.10. The fourth-order valence-electron chi connectivity index (χ4n) is 1.36. The van der Waals surface area contributed by atoms with Crippen molar-refractivity contribution in [3.05, 3.63) is 29.3 Å². The maximum absolute atomic E-state index is 11.9. The van der Waals surface area contributed by atoms with Crippen LogP contribution in [0.25, 0.3) is 0 Å². The quantitative estimate of drug-likeness (QED) is 0.624. The first kappa shape index (κ1) is 12.2. The summed E-state index contributed by atoms with van der Waals surface area (Å²) in [5.41, 5.74) is 1.21. The number of benzene rings is 1. The average molecular weight is 222 g/mol. The summed E-state index contributed by atoms with van der Waals surface area (Å²) < 4.78 is 5.04. The van der Waals surface area contributed by atoms with E-state index in [0.29, 0.717) is 11.3 Å². The van der Waals surface area contributed by atoms with Crippen LogP contribution >= 0.6 is 0 Å². The molecule has 0 radical (unpaired) electrons. The molecule has 0 aliphatic carbocycles. The first-order chi connectivity index (χ1) is 7.47. The van der Waals surface area contributed by atoms with Crippen molar-refractivity contribution in [3.63, 3.8) is 0 Å². The van der Waals surface area contributed by atoms with Crippen LogP contribution in [0.3, 0.4) is 0 Å². The minimum absolute atomic E-state index is 0.317. The summed E-state index contributed by atoms with van der Waals surface area (Å²) in [6.45, 7) is 3.20. The zero-order chi connectivity index (χ0) is 12.3. The van der Waals surface area contributed by atoms with Gasteiger partial charge in [-0.15, -0.1) is 0 Å². The van der Waals surface area contributed by atoms with E-state index in [9.17, 15) is 9.59 Å².